The average molecular weight is 409 g/mol. The van der Waals surface area contributed by atoms with Crippen molar-refractivity contribution in [2.24, 2.45) is 0 Å². The third kappa shape index (κ3) is 3.64. The van der Waals surface area contributed by atoms with Crippen molar-refractivity contribution >= 4 is 19.9 Å². The minimum Gasteiger partial charge on any atom is -0.468 e. The molecule has 2 aromatic rings. The molecule has 26 heavy (non-hydrogen) atoms. The molecule has 0 bridgehead atoms. The number of hydrogen-bond acceptors (Lipinski definition) is 5. The fraction of sp³-hybridized carbons (Fsp3) is 0.333. The lowest BCUT2D eigenvalue weighted by Crippen LogP contribution is -2.56. The second-order valence-corrected chi connectivity index (χ2v) is 10.1. The molecule has 1 aromatic heterocycles. The number of halogens is 3. The molecule has 0 atom stereocenters. The van der Waals surface area contributed by atoms with Crippen molar-refractivity contribution in [3.05, 3.63) is 54.0 Å². The summed E-state index contributed by atoms with van der Waals surface area (Å²) in [5.41, 5.74) is -0.959. The molecule has 1 aromatic carbocycles. The minimum absolute atomic E-state index is 0.244. The van der Waals surface area contributed by atoms with E-state index in [1.807, 2.05) is 0 Å². The van der Waals surface area contributed by atoms with Gasteiger partial charge in [0.15, 0.2) is 9.84 Å². The number of alkyl halides is 3. The molecule has 11 heteroatoms. The van der Waals surface area contributed by atoms with E-state index in [4.69, 9.17) is 4.42 Å². The van der Waals surface area contributed by atoms with Crippen molar-refractivity contribution in [2.75, 3.05) is 13.1 Å². The van der Waals surface area contributed by atoms with E-state index in [1.54, 1.807) is 6.07 Å². The van der Waals surface area contributed by atoms with Crippen molar-refractivity contribution in [1.82, 2.24) is 4.31 Å². The van der Waals surface area contributed by atoms with Gasteiger partial charge in [-0.3, -0.25) is 0 Å². The zero-order chi connectivity index (χ0) is 19.2. The smallest absolute Gasteiger partial charge is 0.416 e. The Morgan fingerprint density at radius 2 is 1.65 bits per heavy atom. The topological polar surface area (TPSA) is 84.7 Å². The van der Waals surface area contributed by atoms with Crippen LogP contribution in [0.1, 0.15) is 11.3 Å². The summed E-state index contributed by atoms with van der Waals surface area (Å²) in [6.45, 7) is -0.487. The van der Waals surface area contributed by atoms with Crippen LogP contribution in [0.3, 0.4) is 0 Å². The van der Waals surface area contributed by atoms with E-state index in [0.29, 0.717) is 12.1 Å². The maximum atomic E-state index is 12.6. The lowest BCUT2D eigenvalue weighted by molar-refractivity contribution is -0.137. The Hall–Kier alpha value is -1.85. The van der Waals surface area contributed by atoms with Gasteiger partial charge in [-0.25, -0.2) is 16.8 Å². The molecule has 0 N–H and O–H groups in total. The second-order valence-electron chi connectivity index (χ2n) is 5.85. The predicted octanol–water partition coefficient (Wildman–Crippen LogP) is 2.29. The van der Waals surface area contributed by atoms with Crippen LogP contribution in [-0.4, -0.2) is 39.5 Å². The number of sulfone groups is 1. The van der Waals surface area contributed by atoms with Crippen LogP contribution in [0.25, 0.3) is 0 Å². The summed E-state index contributed by atoms with van der Waals surface area (Å²) in [5.74, 6) is -0.0761. The van der Waals surface area contributed by atoms with Gasteiger partial charge < -0.3 is 4.42 Å². The van der Waals surface area contributed by atoms with E-state index in [2.05, 4.69) is 0 Å². The van der Waals surface area contributed by atoms with E-state index in [1.165, 1.54) is 12.3 Å². The molecule has 6 nitrogen and oxygen atoms in total. The van der Waals surface area contributed by atoms with Crippen molar-refractivity contribution in [3.8, 4) is 0 Å². The Bertz CT molecular complexity index is 975. The molecule has 0 aliphatic carbocycles. The van der Waals surface area contributed by atoms with Crippen molar-refractivity contribution in [2.45, 2.75) is 22.1 Å². The lowest BCUT2D eigenvalue weighted by atomic mass is 10.2. The van der Waals surface area contributed by atoms with Crippen molar-refractivity contribution < 1.29 is 34.4 Å². The van der Waals surface area contributed by atoms with E-state index in [0.717, 1.165) is 16.4 Å². The molecule has 0 saturated carbocycles. The number of benzene rings is 1. The van der Waals surface area contributed by atoms with E-state index in [9.17, 15) is 30.0 Å². The third-order valence-corrected chi connectivity index (χ3v) is 7.91. The van der Waals surface area contributed by atoms with Crippen LogP contribution in [0, 0.1) is 0 Å². The third-order valence-electron chi connectivity index (χ3n) is 4.07. The van der Waals surface area contributed by atoms with Crippen LogP contribution in [0.4, 0.5) is 13.2 Å². The van der Waals surface area contributed by atoms with Crippen LogP contribution >= 0.6 is 0 Å². The Morgan fingerprint density at radius 1 is 1.04 bits per heavy atom. The SMILES string of the molecule is O=S(=O)(Cc1ccco1)C1CN(S(=O)(=O)c2ccc(C(F)(F)F)cc2)C1. The first-order valence-electron chi connectivity index (χ1n) is 7.41. The molecule has 0 radical (unpaired) electrons. The van der Waals surface area contributed by atoms with Gasteiger partial charge >= 0.3 is 6.18 Å². The molecule has 1 aliphatic rings. The Labute approximate surface area is 148 Å². The Balaban J connectivity index is 1.69. The van der Waals surface area contributed by atoms with E-state index >= 15 is 0 Å². The number of hydrogen-bond donors (Lipinski definition) is 0. The van der Waals surface area contributed by atoms with Gasteiger partial charge in [0.2, 0.25) is 10.0 Å². The summed E-state index contributed by atoms with van der Waals surface area (Å²) in [5, 5.41) is -0.878. The summed E-state index contributed by atoms with van der Waals surface area (Å²) in [4.78, 5) is -0.313. The van der Waals surface area contributed by atoms with Crippen LogP contribution in [0.2, 0.25) is 0 Å². The van der Waals surface area contributed by atoms with Gasteiger partial charge in [0.1, 0.15) is 11.5 Å². The number of sulfonamides is 1. The monoisotopic (exact) mass is 409 g/mol. The van der Waals surface area contributed by atoms with Crippen LogP contribution in [-0.2, 0) is 31.8 Å². The molecule has 1 fully saturated rings. The Morgan fingerprint density at radius 3 is 2.15 bits per heavy atom. The molecule has 142 valence electrons. The second kappa shape index (κ2) is 6.39. The molecule has 0 spiro atoms. The Kier molecular flexibility index (Phi) is 4.65. The van der Waals surface area contributed by atoms with Crippen LogP contribution in [0.15, 0.2) is 52.0 Å². The molecule has 3 rings (SSSR count). The molecular formula is C15H14F3NO5S2. The normalized spacial score (nSPS) is 17.2. The summed E-state index contributed by atoms with van der Waals surface area (Å²) in [6.07, 6.45) is -3.23. The molecule has 1 saturated heterocycles. The van der Waals surface area contributed by atoms with Crippen molar-refractivity contribution in [1.29, 1.82) is 0 Å². The summed E-state index contributed by atoms with van der Waals surface area (Å²) >= 11 is 0. The highest BCUT2D eigenvalue weighted by atomic mass is 32.2. The average Bonchev–Trinajstić information content (AvgIpc) is 2.96. The van der Waals surface area contributed by atoms with Gasteiger partial charge in [-0.15, -0.1) is 0 Å². The fourth-order valence-corrected chi connectivity index (χ4v) is 5.83. The number of nitrogens with zero attached hydrogens (tertiary/aromatic N) is 1. The maximum absolute atomic E-state index is 12.6. The standard InChI is InChI=1S/C15H14F3NO5S2/c16-15(17,18)11-3-5-13(6-4-11)26(22,23)19-8-14(9-19)25(20,21)10-12-2-1-7-24-12/h1-7,14H,8-10H2. The number of furan rings is 1. The van der Waals surface area contributed by atoms with Gasteiger partial charge in [0.05, 0.1) is 22.0 Å². The zero-order valence-corrected chi connectivity index (χ0v) is 14.8. The van der Waals surface area contributed by atoms with Gasteiger partial charge in [-0.1, -0.05) is 0 Å². The summed E-state index contributed by atoms with van der Waals surface area (Å²) < 4.78 is 92.9. The lowest BCUT2D eigenvalue weighted by Gasteiger charge is -2.37. The van der Waals surface area contributed by atoms with E-state index in [-0.39, 0.29) is 29.5 Å². The van der Waals surface area contributed by atoms with Gasteiger partial charge in [-0.05, 0) is 36.4 Å². The zero-order valence-electron chi connectivity index (χ0n) is 13.2. The molecule has 0 amide bonds. The summed E-state index contributed by atoms with van der Waals surface area (Å²) in [7, 11) is -7.64. The number of rotatable bonds is 5. The van der Waals surface area contributed by atoms with Crippen LogP contribution < -0.4 is 0 Å². The van der Waals surface area contributed by atoms with E-state index < -0.39 is 36.9 Å². The fourth-order valence-electron chi connectivity index (χ4n) is 2.50. The highest BCUT2D eigenvalue weighted by Gasteiger charge is 2.44. The van der Waals surface area contributed by atoms with Crippen molar-refractivity contribution in [3.63, 3.8) is 0 Å². The summed E-state index contributed by atoms with van der Waals surface area (Å²) in [6, 6.07) is 6.14. The highest BCUT2D eigenvalue weighted by Crippen LogP contribution is 2.31. The van der Waals surface area contributed by atoms with Gasteiger partial charge in [0, 0.05) is 13.1 Å². The first-order chi connectivity index (χ1) is 12.0. The minimum atomic E-state index is -4.57. The highest BCUT2D eigenvalue weighted by molar-refractivity contribution is 7.92. The predicted molar refractivity (Wildman–Crippen MR) is 85.3 cm³/mol. The quantitative estimate of drug-likeness (QED) is 0.757. The molecule has 2 heterocycles. The molecular weight excluding hydrogens is 395 g/mol. The first kappa shape index (κ1) is 18.9. The van der Waals surface area contributed by atoms with Crippen LogP contribution in [0.5, 0.6) is 0 Å². The largest absolute Gasteiger partial charge is 0.468 e. The molecule has 1 aliphatic heterocycles. The molecule has 0 unspecified atom stereocenters. The van der Waals surface area contributed by atoms with Gasteiger partial charge in [0.25, 0.3) is 0 Å². The first-order valence-corrected chi connectivity index (χ1v) is 10.6. The van der Waals surface area contributed by atoms with Gasteiger partial charge in [-0.2, -0.15) is 17.5 Å². The maximum Gasteiger partial charge on any atom is 0.416 e.